The molecule has 1 fully saturated rings. The third-order valence-corrected chi connectivity index (χ3v) is 4.42. The average Bonchev–Trinajstić information content (AvgIpc) is 2.68. The van der Waals surface area contributed by atoms with Crippen molar-refractivity contribution in [1.82, 2.24) is 10.7 Å². The van der Waals surface area contributed by atoms with Crippen molar-refractivity contribution in [2.45, 2.75) is 58.4 Å². The minimum Gasteiger partial charge on any atom is -0.345 e. The maximum Gasteiger partial charge on any atom is 0.329 e. The molecule has 156 valence electrons. The highest BCUT2D eigenvalue weighted by Gasteiger charge is 2.20. The molecule has 0 aromatic heterocycles. The fraction of sp³-hybridized carbons (Fsp3) is 0.450. The van der Waals surface area contributed by atoms with Gasteiger partial charge in [0.25, 0.3) is 0 Å². The maximum atomic E-state index is 12.2. The van der Waals surface area contributed by atoms with Gasteiger partial charge in [0.05, 0.1) is 17.8 Å². The fourth-order valence-electron chi connectivity index (χ4n) is 3.05. The molecule has 0 bridgehead atoms. The fourth-order valence-corrected chi connectivity index (χ4v) is 3.05. The standard InChI is InChI=1S/C20H27N5O4/c1-13(24-25-20(29)19(28)22-15-8-4-3-5-9-15)12-18(27)23-17-11-7-6-10-16(17)21-14(2)26/h6-7,10-11,15H,3-5,8-9,12H2,1-2H3,(H,21,26)(H,22,28)(H,23,27)(H,25,29)/b24-13+. The van der Waals surface area contributed by atoms with Crippen LogP contribution in [0.15, 0.2) is 29.4 Å². The molecule has 0 unspecified atom stereocenters. The molecule has 1 aliphatic rings. The molecule has 1 saturated carbocycles. The van der Waals surface area contributed by atoms with Gasteiger partial charge in [-0.2, -0.15) is 5.10 Å². The average molecular weight is 401 g/mol. The Morgan fingerprint density at radius 2 is 1.55 bits per heavy atom. The summed E-state index contributed by atoms with van der Waals surface area (Å²) in [7, 11) is 0. The Labute approximate surface area is 169 Å². The molecule has 0 atom stereocenters. The number of anilines is 2. The van der Waals surface area contributed by atoms with Crippen molar-refractivity contribution in [3.05, 3.63) is 24.3 Å². The van der Waals surface area contributed by atoms with Crippen LogP contribution in [-0.4, -0.2) is 35.4 Å². The smallest absolute Gasteiger partial charge is 0.329 e. The Bertz CT molecular complexity index is 800. The molecular formula is C20H27N5O4. The minimum absolute atomic E-state index is 0.0292. The molecule has 0 saturated heterocycles. The van der Waals surface area contributed by atoms with Gasteiger partial charge in [-0.05, 0) is 31.9 Å². The number of nitrogens with one attached hydrogen (secondary N) is 4. The second-order valence-electron chi connectivity index (χ2n) is 7.05. The van der Waals surface area contributed by atoms with Crippen molar-refractivity contribution in [3.63, 3.8) is 0 Å². The van der Waals surface area contributed by atoms with Gasteiger partial charge in [-0.1, -0.05) is 31.4 Å². The molecule has 1 aromatic carbocycles. The number of hydrazone groups is 1. The van der Waals surface area contributed by atoms with E-state index in [1.54, 1.807) is 31.2 Å². The Morgan fingerprint density at radius 3 is 2.17 bits per heavy atom. The number of carbonyl (C=O) groups is 4. The molecule has 0 aliphatic heterocycles. The van der Waals surface area contributed by atoms with E-state index in [0.717, 1.165) is 32.1 Å². The van der Waals surface area contributed by atoms with Crippen LogP contribution >= 0.6 is 0 Å². The number of carbonyl (C=O) groups excluding carboxylic acids is 4. The molecule has 4 N–H and O–H groups in total. The molecule has 0 radical (unpaired) electrons. The van der Waals surface area contributed by atoms with Gasteiger partial charge < -0.3 is 16.0 Å². The number of nitrogens with zero attached hydrogens (tertiary/aromatic N) is 1. The van der Waals surface area contributed by atoms with Crippen LogP contribution in [0.2, 0.25) is 0 Å². The summed E-state index contributed by atoms with van der Waals surface area (Å²) < 4.78 is 0. The second kappa shape index (κ2) is 10.9. The van der Waals surface area contributed by atoms with Crippen molar-refractivity contribution in [2.75, 3.05) is 10.6 Å². The first-order valence-electron chi connectivity index (χ1n) is 9.65. The molecular weight excluding hydrogens is 374 g/mol. The predicted molar refractivity (Wildman–Crippen MR) is 110 cm³/mol. The first-order valence-corrected chi connectivity index (χ1v) is 9.65. The van der Waals surface area contributed by atoms with Gasteiger partial charge in [0.1, 0.15) is 0 Å². The van der Waals surface area contributed by atoms with Gasteiger partial charge in [-0.15, -0.1) is 0 Å². The van der Waals surface area contributed by atoms with E-state index in [1.165, 1.54) is 6.92 Å². The molecule has 29 heavy (non-hydrogen) atoms. The number of amides is 4. The number of benzene rings is 1. The van der Waals surface area contributed by atoms with Gasteiger partial charge in [0.15, 0.2) is 0 Å². The Hall–Kier alpha value is -3.23. The SMILES string of the molecule is CC(=O)Nc1ccccc1NC(=O)C/C(C)=N/NC(=O)C(=O)NC1CCCCC1. The van der Waals surface area contributed by atoms with Gasteiger partial charge in [0, 0.05) is 18.7 Å². The largest absolute Gasteiger partial charge is 0.345 e. The van der Waals surface area contributed by atoms with Crippen LogP contribution in [-0.2, 0) is 19.2 Å². The second-order valence-corrected chi connectivity index (χ2v) is 7.05. The lowest BCUT2D eigenvalue weighted by Crippen LogP contribution is -2.44. The summed E-state index contributed by atoms with van der Waals surface area (Å²) in [6.45, 7) is 2.95. The van der Waals surface area contributed by atoms with Crippen LogP contribution in [0.25, 0.3) is 0 Å². The summed E-state index contributed by atoms with van der Waals surface area (Å²) in [5.74, 6) is -2.20. The number of rotatable bonds is 6. The lowest BCUT2D eigenvalue weighted by Gasteiger charge is -2.22. The summed E-state index contributed by atoms with van der Waals surface area (Å²) in [5.41, 5.74) is 3.45. The zero-order chi connectivity index (χ0) is 21.2. The van der Waals surface area contributed by atoms with Crippen LogP contribution < -0.4 is 21.4 Å². The molecule has 2 rings (SSSR count). The van der Waals surface area contributed by atoms with Gasteiger partial charge >= 0.3 is 11.8 Å². The van der Waals surface area contributed by atoms with E-state index >= 15 is 0 Å². The van der Waals surface area contributed by atoms with Crippen LogP contribution in [0.3, 0.4) is 0 Å². The molecule has 9 nitrogen and oxygen atoms in total. The Balaban J connectivity index is 1.82. The molecule has 4 amide bonds. The summed E-state index contributed by atoms with van der Waals surface area (Å²) in [6.07, 6.45) is 4.91. The van der Waals surface area contributed by atoms with E-state index in [2.05, 4.69) is 26.5 Å². The predicted octanol–water partition coefficient (Wildman–Crippen LogP) is 1.91. The van der Waals surface area contributed by atoms with Crippen LogP contribution in [0, 0.1) is 0 Å². The molecule has 0 spiro atoms. The lowest BCUT2D eigenvalue weighted by atomic mass is 9.95. The maximum absolute atomic E-state index is 12.2. The zero-order valence-electron chi connectivity index (χ0n) is 16.7. The summed E-state index contributed by atoms with van der Waals surface area (Å²) >= 11 is 0. The number of hydrogen-bond donors (Lipinski definition) is 4. The van der Waals surface area contributed by atoms with Crippen molar-refractivity contribution in [2.24, 2.45) is 5.10 Å². The first kappa shape index (κ1) is 22.1. The first-order chi connectivity index (χ1) is 13.8. The monoisotopic (exact) mass is 401 g/mol. The third-order valence-electron chi connectivity index (χ3n) is 4.42. The molecule has 1 aromatic rings. The van der Waals surface area contributed by atoms with E-state index in [-0.39, 0.29) is 24.3 Å². The highest BCUT2D eigenvalue weighted by atomic mass is 16.2. The van der Waals surface area contributed by atoms with Gasteiger partial charge in [0.2, 0.25) is 11.8 Å². The Morgan fingerprint density at radius 1 is 0.931 bits per heavy atom. The third kappa shape index (κ3) is 7.73. The van der Waals surface area contributed by atoms with E-state index in [1.807, 2.05) is 0 Å². The van der Waals surface area contributed by atoms with E-state index in [4.69, 9.17) is 0 Å². The number of para-hydroxylation sites is 2. The van der Waals surface area contributed by atoms with E-state index in [9.17, 15) is 19.2 Å². The summed E-state index contributed by atoms with van der Waals surface area (Å²) in [4.78, 5) is 47.2. The normalized spacial score (nSPS) is 14.6. The molecule has 1 aliphatic carbocycles. The van der Waals surface area contributed by atoms with Crippen LogP contribution in [0.5, 0.6) is 0 Å². The van der Waals surface area contributed by atoms with Crippen molar-refractivity contribution >= 4 is 40.7 Å². The highest BCUT2D eigenvalue weighted by molar-refractivity contribution is 6.35. The van der Waals surface area contributed by atoms with E-state index < -0.39 is 11.8 Å². The summed E-state index contributed by atoms with van der Waals surface area (Å²) in [6, 6.07) is 6.83. The van der Waals surface area contributed by atoms with Crippen molar-refractivity contribution < 1.29 is 19.2 Å². The van der Waals surface area contributed by atoms with Gasteiger partial charge in [-0.3, -0.25) is 19.2 Å². The topological polar surface area (TPSA) is 129 Å². The number of hydrogen-bond acceptors (Lipinski definition) is 5. The molecule has 9 heteroatoms. The summed E-state index contributed by atoms with van der Waals surface area (Å²) in [5, 5.41) is 11.8. The molecule has 0 heterocycles. The van der Waals surface area contributed by atoms with Gasteiger partial charge in [-0.25, -0.2) is 5.43 Å². The van der Waals surface area contributed by atoms with Crippen molar-refractivity contribution in [1.29, 1.82) is 0 Å². The minimum atomic E-state index is -0.855. The lowest BCUT2D eigenvalue weighted by molar-refractivity contribution is -0.139. The Kier molecular flexibility index (Phi) is 8.32. The van der Waals surface area contributed by atoms with Crippen LogP contribution in [0.4, 0.5) is 11.4 Å². The van der Waals surface area contributed by atoms with Crippen LogP contribution in [0.1, 0.15) is 52.4 Å². The highest BCUT2D eigenvalue weighted by Crippen LogP contribution is 2.21. The zero-order valence-corrected chi connectivity index (χ0v) is 16.7. The van der Waals surface area contributed by atoms with E-state index in [0.29, 0.717) is 17.1 Å². The quantitative estimate of drug-likeness (QED) is 0.330. The van der Waals surface area contributed by atoms with Crippen molar-refractivity contribution in [3.8, 4) is 0 Å².